The average molecular weight is 205 g/mol. The van der Waals surface area contributed by atoms with Gasteiger partial charge in [-0.15, -0.1) is 0 Å². The first-order chi connectivity index (χ1) is 7.21. The van der Waals surface area contributed by atoms with E-state index in [9.17, 15) is 4.79 Å². The molecule has 0 aliphatic rings. The van der Waals surface area contributed by atoms with E-state index < -0.39 is 5.97 Å². The maximum Gasteiger partial charge on any atom is 0.338 e. The quantitative estimate of drug-likeness (QED) is 0.705. The van der Waals surface area contributed by atoms with E-state index in [2.05, 4.69) is 0 Å². The van der Waals surface area contributed by atoms with E-state index in [4.69, 9.17) is 14.7 Å². The lowest BCUT2D eigenvalue weighted by atomic mass is 10.1. The molecule has 0 saturated heterocycles. The number of esters is 1. The fourth-order valence-corrected chi connectivity index (χ4v) is 1.11. The molecule has 0 radical (unpaired) electrons. The summed E-state index contributed by atoms with van der Waals surface area (Å²) in [4.78, 5) is 11.4. The second-order valence-electron chi connectivity index (χ2n) is 2.78. The van der Waals surface area contributed by atoms with Crippen molar-refractivity contribution in [3.63, 3.8) is 0 Å². The first-order valence-corrected chi connectivity index (χ1v) is 4.47. The monoisotopic (exact) mass is 205 g/mol. The number of hydrogen-bond donors (Lipinski definition) is 0. The number of ether oxygens (including phenoxy) is 2. The van der Waals surface area contributed by atoms with Crippen LogP contribution >= 0.6 is 0 Å². The Hall–Kier alpha value is -2.02. The minimum atomic E-state index is -0.451. The summed E-state index contributed by atoms with van der Waals surface area (Å²) < 4.78 is 9.79. The zero-order valence-electron chi connectivity index (χ0n) is 8.61. The fraction of sp³-hybridized carbons (Fsp3) is 0.273. The summed E-state index contributed by atoms with van der Waals surface area (Å²) >= 11 is 0. The van der Waals surface area contributed by atoms with Crippen molar-refractivity contribution < 1.29 is 14.3 Å². The molecular formula is C11H11NO3. The lowest BCUT2D eigenvalue weighted by Gasteiger charge is -2.05. The molecule has 1 aromatic rings. The van der Waals surface area contributed by atoms with E-state index in [-0.39, 0.29) is 0 Å². The third-order valence-corrected chi connectivity index (χ3v) is 1.78. The van der Waals surface area contributed by atoms with Crippen LogP contribution in [0.3, 0.4) is 0 Å². The summed E-state index contributed by atoms with van der Waals surface area (Å²) in [5, 5.41) is 8.74. The predicted octanol–water partition coefficient (Wildman–Crippen LogP) is 1.74. The van der Waals surface area contributed by atoms with E-state index in [1.165, 1.54) is 13.2 Å². The minimum absolute atomic E-state index is 0.304. The van der Waals surface area contributed by atoms with Crippen LogP contribution in [-0.2, 0) is 4.74 Å². The normalized spacial score (nSPS) is 9.13. The van der Waals surface area contributed by atoms with Gasteiger partial charge in [0.25, 0.3) is 0 Å². The molecule has 0 bridgehead atoms. The first kappa shape index (κ1) is 11.1. The van der Waals surface area contributed by atoms with Crippen molar-refractivity contribution in [2.24, 2.45) is 0 Å². The smallest absolute Gasteiger partial charge is 0.338 e. The predicted molar refractivity (Wildman–Crippen MR) is 53.7 cm³/mol. The van der Waals surface area contributed by atoms with E-state index in [1.54, 1.807) is 19.1 Å². The van der Waals surface area contributed by atoms with Gasteiger partial charge in [0.15, 0.2) is 0 Å². The second kappa shape index (κ2) is 5.01. The molecule has 0 saturated carbocycles. The Morgan fingerprint density at radius 3 is 2.73 bits per heavy atom. The van der Waals surface area contributed by atoms with Gasteiger partial charge in [0.1, 0.15) is 5.75 Å². The number of rotatable bonds is 3. The number of benzene rings is 1. The minimum Gasteiger partial charge on any atom is -0.497 e. The summed E-state index contributed by atoms with van der Waals surface area (Å²) in [5.74, 6) is 0.0185. The largest absolute Gasteiger partial charge is 0.497 e. The zero-order valence-corrected chi connectivity index (χ0v) is 8.61. The second-order valence-corrected chi connectivity index (χ2v) is 2.78. The van der Waals surface area contributed by atoms with Gasteiger partial charge >= 0.3 is 5.97 Å². The summed E-state index contributed by atoms with van der Waals surface area (Å²) in [7, 11) is 1.48. The van der Waals surface area contributed by atoms with Gasteiger partial charge in [-0.05, 0) is 25.1 Å². The van der Waals surface area contributed by atoms with Crippen molar-refractivity contribution >= 4 is 5.97 Å². The SMILES string of the molecule is CCOC(=O)c1cc(C#N)cc(OC)c1. The van der Waals surface area contributed by atoms with Crippen LogP contribution in [-0.4, -0.2) is 19.7 Å². The molecule has 4 heteroatoms. The van der Waals surface area contributed by atoms with Crippen molar-refractivity contribution in [3.8, 4) is 11.8 Å². The highest BCUT2D eigenvalue weighted by Gasteiger charge is 2.09. The molecule has 0 aromatic heterocycles. The summed E-state index contributed by atoms with van der Waals surface area (Å²) in [6, 6.07) is 6.52. The Balaban J connectivity index is 3.08. The zero-order chi connectivity index (χ0) is 11.3. The topological polar surface area (TPSA) is 59.3 Å². The highest BCUT2D eigenvalue weighted by atomic mass is 16.5. The van der Waals surface area contributed by atoms with Crippen LogP contribution < -0.4 is 4.74 Å². The van der Waals surface area contributed by atoms with Gasteiger partial charge in [0.2, 0.25) is 0 Å². The molecule has 0 heterocycles. The molecule has 15 heavy (non-hydrogen) atoms. The Labute approximate surface area is 88.0 Å². The van der Waals surface area contributed by atoms with E-state index >= 15 is 0 Å². The third-order valence-electron chi connectivity index (χ3n) is 1.78. The van der Waals surface area contributed by atoms with Crippen LogP contribution in [0.1, 0.15) is 22.8 Å². The number of nitriles is 1. The van der Waals surface area contributed by atoms with Gasteiger partial charge in [0.05, 0.1) is 30.9 Å². The van der Waals surface area contributed by atoms with Crippen LogP contribution in [0, 0.1) is 11.3 Å². The van der Waals surface area contributed by atoms with Crippen LogP contribution in [0.4, 0.5) is 0 Å². The molecule has 0 amide bonds. The maximum absolute atomic E-state index is 11.4. The van der Waals surface area contributed by atoms with Crippen molar-refractivity contribution in [1.29, 1.82) is 5.26 Å². The number of hydrogen-bond acceptors (Lipinski definition) is 4. The molecule has 0 spiro atoms. The molecular weight excluding hydrogens is 194 g/mol. The van der Waals surface area contributed by atoms with Crippen molar-refractivity contribution in [2.45, 2.75) is 6.92 Å². The van der Waals surface area contributed by atoms with Gasteiger partial charge in [-0.2, -0.15) is 5.26 Å². The molecule has 0 aliphatic heterocycles. The lowest BCUT2D eigenvalue weighted by Crippen LogP contribution is -2.05. The third kappa shape index (κ3) is 2.71. The van der Waals surface area contributed by atoms with E-state index in [0.29, 0.717) is 23.5 Å². The number of carbonyl (C=O) groups is 1. The average Bonchev–Trinajstić information content (AvgIpc) is 2.28. The lowest BCUT2D eigenvalue weighted by molar-refractivity contribution is 0.0526. The van der Waals surface area contributed by atoms with Gasteiger partial charge in [-0.3, -0.25) is 0 Å². The molecule has 78 valence electrons. The molecule has 4 nitrogen and oxygen atoms in total. The maximum atomic E-state index is 11.4. The van der Waals surface area contributed by atoms with Crippen LogP contribution in [0.2, 0.25) is 0 Å². The van der Waals surface area contributed by atoms with E-state index in [1.807, 2.05) is 6.07 Å². The Kier molecular flexibility index (Phi) is 3.69. The number of carbonyl (C=O) groups excluding carboxylic acids is 1. The highest BCUT2D eigenvalue weighted by Crippen LogP contribution is 2.17. The fourth-order valence-electron chi connectivity index (χ4n) is 1.11. The Bertz CT molecular complexity index is 407. The standard InChI is InChI=1S/C11H11NO3/c1-3-15-11(13)9-4-8(7-12)5-10(6-9)14-2/h4-6H,3H2,1-2H3. The van der Waals surface area contributed by atoms with Gasteiger partial charge in [0, 0.05) is 0 Å². The van der Waals surface area contributed by atoms with Gasteiger partial charge in [-0.1, -0.05) is 0 Å². The van der Waals surface area contributed by atoms with Gasteiger partial charge in [-0.25, -0.2) is 4.79 Å². The summed E-state index contributed by atoms with van der Waals surface area (Å²) in [6.07, 6.45) is 0. The van der Waals surface area contributed by atoms with Crippen molar-refractivity contribution in [2.75, 3.05) is 13.7 Å². The van der Waals surface area contributed by atoms with Crippen LogP contribution in [0.5, 0.6) is 5.75 Å². The van der Waals surface area contributed by atoms with Crippen LogP contribution in [0.15, 0.2) is 18.2 Å². The number of nitrogens with zero attached hydrogens (tertiary/aromatic N) is 1. The van der Waals surface area contributed by atoms with Crippen molar-refractivity contribution in [1.82, 2.24) is 0 Å². The molecule has 0 N–H and O–H groups in total. The molecule has 1 aromatic carbocycles. The first-order valence-electron chi connectivity index (χ1n) is 4.47. The molecule has 1 rings (SSSR count). The Morgan fingerprint density at radius 1 is 1.47 bits per heavy atom. The summed E-state index contributed by atoms with van der Waals surface area (Å²) in [5.41, 5.74) is 0.699. The molecule has 0 fully saturated rings. The van der Waals surface area contributed by atoms with Crippen molar-refractivity contribution in [3.05, 3.63) is 29.3 Å². The summed E-state index contributed by atoms with van der Waals surface area (Å²) in [6.45, 7) is 2.03. The van der Waals surface area contributed by atoms with Crippen LogP contribution in [0.25, 0.3) is 0 Å². The Morgan fingerprint density at radius 2 is 2.20 bits per heavy atom. The number of methoxy groups -OCH3 is 1. The van der Waals surface area contributed by atoms with E-state index in [0.717, 1.165) is 0 Å². The van der Waals surface area contributed by atoms with Gasteiger partial charge < -0.3 is 9.47 Å². The molecule has 0 atom stereocenters. The highest BCUT2D eigenvalue weighted by molar-refractivity contribution is 5.90. The molecule has 0 unspecified atom stereocenters. The molecule has 0 aliphatic carbocycles.